The molecule has 1 aliphatic carbocycles. The van der Waals surface area contributed by atoms with Crippen LogP contribution in [-0.2, 0) is 9.16 Å². The smallest absolute Gasteiger partial charge is 0.338 e. The van der Waals surface area contributed by atoms with E-state index in [4.69, 9.17) is 9.16 Å². The van der Waals surface area contributed by atoms with Gasteiger partial charge in [0, 0.05) is 0 Å². The molecule has 23 heavy (non-hydrogen) atoms. The number of esters is 1. The van der Waals surface area contributed by atoms with Crippen molar-refractivity contribution in [3.63, 3.8) is 0 Å². The van der Waals surface area contributed by atoms with Gasteiger partial charge in [-0.2, -0.15) is 0 Å². The summed E-state index contributed by atoms with van der Waals surface area (Å²) in [5.41, 5.74) is 0.598. The Kier molecular flexibility index (Phi) is 5.47. The van der Waals surface area contributed by atoms with E-state index >= 15 is 0 Å². The monoisotopic (exact) mass is 332 g/mol. The molecule has 0 bridgehead atoms. The summed E-state index contributed by atoms with van der Waals surface area (Å²) < 4.78 is 11.9. The van der Waals surface area contributed by atoms with Gasteiger partial charge >= 0.3 is 5.97 Å². The van der Waals surface area contributed by atoms with E-state index in [2.05, 4.69) is 39.9 Å². The number of benzene rings is 1. The minimum atomic E-state index is -1.76. The van der Waals surface area contributed by atoms with Gasteiger partial charge in [-0.3, -0.25) is 0 Å². The summed E-state index contributed by atoms with van der Waals surface area (Å²) in [7, 11) is -1.76. The molecule has 0 radical (unpaired) electrons. The average molecular weight is 333 g/mol. The molecular formula is C19H28O3Si. The Morgan fingerprint density at radius 3 is 2.13 bits per heavy atom. The zero-order chi connectivity index (χ0) is 17.1. The molecule has 0 spiro atoms. The number of ether oxygens (including phenoxy) is 1. The van der Waals surface area contributed by atoms with Crippen LogP contribution in [0.1, 0.15) is 44.0 Å². The van der Waals surface area contributed by atoms with Crippen molar-refractivity contribution in [1.29, 1.82) is 0 Å². The third kappa shape index (κ3) is 4.79. The van der Waals surface area contributed by atoms with Crippen molar-refractivity contribution in [3.8, 4) is 0 Å². The standard InChI is InChI=1S/C19H28O3Si/c1-19(2,3)23(4,5)22-17-13-11-16(12-14-17)21-18(20)15-9-7-6-8-10-15/h6-11,13,16-17H,12,14H2,1-5H3/t16-,17-/m0/s1. The van der Waals surface area contributed by atoms with Gasteiger partial charge in [0.25, 0.3) is 0 Å². The molecule has 3 nitrogen and oxygen atoms in total. The normalized spacial score (nSPS) is 22.0. The van der Waals surface area contributed by atoms with Crippen LogP contribution in [0.2, 0.25) is 18.1 Å². The maximum Gasteiger partial charge on any atom is 0.338 e. The predicted octanol–water partition coefficient (Wildman–Crippen LogP) is 4.95. The van der Waals surface area contributed by atoms with Crippen molar-refractivity contribution in [2.24, 2.45) is 0 Å². The molecule has 0 amide bonds. The van der Waals surface area contributed by atoms with Crippen LogP contribution >= 0.6 is 0 Å². The fourth-order valence-corrected chi connectivity index (χ4v) is 3.61. The first-order valence-corrected chi connectivity index (χ1v) is 11.2. The number of carbonyl (C=O) groups is 1. The molecule has 0 heterocycles. The number of hydrogen-bond acceptors (Lipinski definition) is 3. The largest absolute Gasteiger partial charge is 0.455 e. The second-order valence-electron chi connectivity index (χ2n) is 7.69. The van der Waals surface area contributed by atoms with Gasteiger partial charge < -0.3 is 9.16 Å². The quantitative estimate of drug-likeness (QED) is 0.444. The van der Waals surface area contributed by atoms with Crippen LogP contribution in [0.3, 0.4) is 0 Å². The maximum atomic E-state index is 12.1. The van der Waals surface area contributed by atoms with E-state index in [0.717, 1.165) is 12.8 Å². The molecule has 0 unspecified atom stereocenters. The second-order valence-corrected chi connectivity index (χ2v) is 12.4. The van der Waals surface area contributed by atoms with Crippen molar-refractivity contribution in [2.75, 3.05) is 0 Å². The van der Waals surface area contributed by atoms with E-state index in [-0.39, 0.29) is 23.2 Å². The predicted molar refractivity (Wildman–Crippen MR) is 96.1 cm³/mol. The SMILES string of the molecule is CC(C)(C)[Si](C)(C)O[C@H]1C=C[C@H](OC(=O)c2ccccc2)CC1. The van der Waals surface area contributed by atoms with Crippen molar-refractivity contribution in [1.82, 2.24) is 0 Å². The summed E-state index contributed by atoms with van der Waals surface area (Å²) in [6, 6.07) is 9.13. The molecule has 1 aromatic carbocycles. The van der Waals surface area contributed by atoms with Crippen LogP contribution in [-0.4, -0.2) is 26.5 Å². The number of hydrogen-bond donors (Lipinski definition) is 0. The molecule has 0 saturated carbocycles. The Balaban J connectivity index is 1.90. The van der Waals surface area contributed by atoms with E-state index in [1.165, 1.54) is 0 Å². The second kappa shape index (κ2) is 7.01. The number of carbonyl (C=O) groups excluding carboxylic acids is 1. The summed E-state index contributed by atoms with van der Waals surface area (Å²) in [4.78, 5) is 12.1. The van der Waals surface area contributed by atoms with Crippen molar-refractivity contribution >= 4 is 14.3 Å². The maximum absolute atomic E-state index is 12.1. The van der Waals surface area contributed by atoms with E-state index in [1.807, 2.05) is 24.3 Å². The molecule has 2 rings (SSSR count). The molecule has 0 aromatic heterocycles. The van der Waals surface area contributed by atoms with Gasteiger partial charge in [0.1, 0.15) is 6.10 Å². The highest BCUT2D eigenvalue weighted by atomic mass is 28.4. The lowest BCUT2D eigenvalue weighted by molar-refractivity contribution is 0.0338. The van der Waals surface area contributed by atoms with Gasteiger partial charge in [-0.05, 0) is 49.2 Å². The first kappa shape index (κ1) is 18.0. The zero-order valence-electron chi connectivity index (χ0n) is 14.8. The van der Waals surface area contributed by atoms with E-state index < -0.39 is 8.32 Å². The first-order valence-electron chi connectivity index (χ1n) is 8.31. The Morgan fingerprint density at radius 1 is 1.04 bits per heavy atom. The Hall–Kier alpha value is -1.39. The molecule has 1 aliphatic rings. The highest BCUT2D eigenvalue weighted by Crippen LogP contribution is 2.38. The minimum Gasteiger partial charge on any atom is -0.455 e. The summed E-state index contributed by atoms with van der Waals surface area (Å²) in [6.07, 6.45) is 5.74. The van der Waals surface area contributed by atoms with Gasteiger partial charge in [-0.1, -0.05) is 45.0 Å². The minimum absolute atomic E-state index is 0.141. The topological polar surface area (TPSA) is 35.5 Å². The van der Waals surface area contributed by atoms with Gasteiger partial charge in [-0.15, -0.1) is 0 Å². The number of rotatable bonds is 4. The summed E-state index contributed by atoms with van der Waals surface area (Å²) in [6.45, 7) is 11.3. The van der Waals surface area contributed by atoms with Crippen LogP contribution in [0, 0.1) is 0 Å². The summed E-state index contributed by atoms with van der Waals surface area (Å²) in [5.74, 6) is -0.260. The van der Waals surface area contributed by atoms with E-state index in [0.29, 0.717) is 5.56 Å². The van der Waals surface area contributed by atoms with Crippen LogP contribution in [0.25, 0.3) is 0 Å². The van der Waals surface area contributed by atoms with Crippen LogP contribution < -0.4 is 0 Å². The summed E-state index contributed by atoms with van der Waals surface area (Å²) >= 11 is 0. The molecule has 4 heteroatoms. The van der Waals surface area contributed by atoms with Gasteiger partial charge in [0.15, 0.2) is 8.32 Å². The van der Waals surface area contributed by atoms with E-state index in [1.54, 1.807) is 12.1 Å². The lowest BCUT2D eigenvalue weighted by Gasteiger charge is -2.39. The van der Waals surface area contributed by atoms with Crippen LogP contribution in [0.4, 0.5) is 0 Å². The molecule has 0 aliphatic heterocycles. The van der Waals surface area contributed by atoms with Crippen LogP contribution in [0.5, 0.6) is 0 Å². The van der Waals surface area contributed by atoms with Gasteiger partial charge in [0.05, 0.1) is 11.7 Å². The fraction of sp³-hybridized carbons (Fsp3) is 0.526. The fourth-order valence-electron chi connectivity index (χ4n) is 2.30. The molecule has 0 N–H and O–H groups in total. The Morgan fingerprint density at radius 2 is 1.61 bits per heavy atom. The van der Waals surface area contributed by atoms with Crippen LogP contribution in [0.15, 0.2) is 42.5 Å². The van der Waals surface area contributed by atoms with Crippen molar-refractivity contribution in [2.45, 2.75) is 64.0 Å². The molecule has 1 aromatic rings. The molecule has 0 saturated heterocycles. The molecule has 2 atom stereocenters. The van der Waals surface area contributed by atoms with Crippen molar-refractivity contribution < 1.29 is 14.0 Å². The zero-order valence-corrected chi connectivity index (χ0v) is 15.8. The Bertz CT molecular complexity index is 558. The van der Waals surface area contributed by atoms with Gasteiger partial charge in [-0.25, -0.2) is 4.79 Å². The Labute approximate surface area is 140 Å². The third-order valence-electron chi connectivity index (χ3n) is 4.80. The molecule has 0 fully saturated rings. The third-order valence-corrected chi connectivity index (χ3v) is 9.30. The van der Waals surface area contributed by atoms with E-state index in [9.17, 15) is 4.79 Å². The first-order chi connectivity index (χ1) is 10.7. The average Bonchev–Trinajstić information content (AvgIpc) is 2.48. The lowest BCUT2D eigenvalue weighted by Crippen LogP contribution is -2.44. The highest BCUT2D eigenvalue weighted by Gasteiger charge is 2.39. The lowest BCUT2D eigenvalue weighted by atomic mass is 10.0. The van der Waals surface area contributed by atoms with Crippen molar-refractivity contribution in [3.05, 3.63) is 48.0 Å². The molecule has 126 valence electrons. The molecular weight excluding hydrogens is 304 g/mol. The summed E-state index contributed by atoms with van der Waals surface area (Å²) in [5, 5.41) is 0.206. The van der Waals surface area contributed by atoms with Gasteiger partial charge in [0.2, 0.25) is 0 Å². The highest BCUT2D eigenvalue weighted by molar-refractivity contribution is 6.74.